The Bertz CT molecular complexity index is 1120. The summed E-state index contributed by atoms with van der Waals surface area (Å²) in [4.78, 5) is 39.2. The fourth-order valence-electron chi connectivity index (χ4n) is 5.47. The molecule has 0 atom stereocenters. The van der Waals surface area contributed by atoms with Gasteiger partial charge in [-0.15, -0.1) is 0 Å². The first kappa shape index (κ1) is 26.3. The molecule has 12 heteroatoms. The van der Waals surface area contributed by atoms with Gasteiger partial charge >= 0.3 is 6.18 Å². The first-order chi connectivity index (χ1) is 18.3. The van der Waals surface area contributed by atoms with Crippen molar-refractivity contribution in [3.63, 3.8) is 0 Å². The molecule has 0 spiro atoms. The van der Waals surface area contributed by atoms with Crippen molar-refractivity contribution in [2.75, 3.05) is 54.4 Å². The minimum atomic E-state index is -4.83. The summed E-state index contributed by atoms with van der Waals surface area (Å²) in [5.41, 5.74) is -1.09. The van der Waals surface area contributed by atoms with E-state index in [0.29, 0.717) is 45.1 Å². The molecule has 2 saturated heterocycles. The lowest BCUT2D eigenvalue weighted by Crippen LogP contribution is -2.50. The predicted octanol–water partition coefficient (Wildman–Crippen LogP) is 4.56. The van der Waals surface area contributed by atoms with Crippen LogP contribution in [0.4, 0.5) is 30.7 Å². The maximum absolute atomic E-state index is 13.6. The van der Waals surface area contributed by atoms with Crippen LogP contribution in [0.15, 0.2) is 22.7 Å². The molecular formula is C26H33F3N6O3. The van der Waals surface area contributed by atoms with Crippen molar-refractivity contribution in [3.8, 4) is 0 Å². The van der Waals surface area contributed by atoms with Gasteiger partial charge in [-0.3, -0.25) is 9.59 Å². The molecule has 4 heterocycles. The fraction of sp³-hybridized carbons (Fsp3) is 0.615. The van der Waals surface area contributed by atoms with E-state index in [9.17, 15) is 22.8 Å². The summed E-state index contributed by atoms with van der Waals surface area (Å²) >= 11 is 0. The molecule has 2 aromatic heterocycles. The summed E-state index contributed by atoms with van der Waals surface area (Å²) in [7, 11) is 0. The number of nitrogens with zero attached hydrogens (tertiary/aromatic N) is 5. The number of carbonyl (C=O) groups excluding carboxylic acids is 2. The number of hydrogen-bond donors (Lipinski definition) is 1. The summed E-state index contributed by atoms with van der Waals surface area (Å²) < 4.78 is 46.1. The van der Waals surface area contributed by atoms with Crippen LogP contribution in [0, 0.1) is 5.92 Å². The Labute approximate surface area is 219 Å². The lowest BCUT2D eigenvalue weighted by molar-refractivity contribution is -0.141. The Morgan fingerprint density at radius 1 is 0.895 bits per heavy atom. The molecular weight excluding hydrogens is 501 g/mol. The number of aromatic nitrogens is 2. The third-order valence-corrected chi connectivity index (χ3v) is 7.59. The second-order valence-electron chi connectivity index (χ2n) is 10.2. The van der Waals surface area contributed by atoms with Crippen LogP contribution in [0.1, 0.15) is 67.6 Å². The van der Waals surface area contributed by atoms with Gasteiger partial charge in [0.15, 0.2) is 5.69 Å². The number of pyridine rings is 1. The van der Waals surface area contributed by atoms with Gasteiger partial charge in [0, 0.05) is 45.2 Å². The Balaban J connectivity index is 1.20. The molecule has 3 fully saturated rings. The van der Waals surface area contributed by atoms with Crippen molar-refractivity contribution in [1.82, 2.24) is 14.9 Å². The van der Waals surface area contributed by atoms with E-state index in [1.165, 1.54) is 12.6 Å². The number of piperazine rings is 1. The third kappa shape index (κ3) is 5.88. The molecule has 0 unspecified atom stereocenters. The molecule has 3 aliphatic rings. The van der Waals surface area contributed by atoms with E-state index in [-0.39, 0.29) is 23.5 Å². The van der Waals surface area contributed by atoms with Crippen molar-refractivity contribution < 1.29 is 27.2 Å². The number of rotatable bonds is 5. The number of hydrogen-bond acceptors (Lipinski definition) is 7. The van der Waals surface area contributed by atoms with E-state index < -0.39 is 23.5 Å². The molecule has 0 radical (unpaired) electrons. The number of anilines is 3. The van der Waals surface area contributed by atoms with Crippen LogP contribution in [0.3, 0.4) is 0 Å². The molecule has 206 valence electrons. The molecule has 5 rings (SSSR count). The summed E-state index contributed by atoms with van der Waals surface area (Å²) in [5.74, 6) is -0.812. The number of halogens is 3. The highest BCUT2D eigenvalue weighted by atomic mass is 19.4. The second kappa shape index (κ2) is 11.2. The Morgan fingerprint density at radius 3 is 2.21 bits per heavy atom. The standard InChI is InChI=1S/C26H33F3N6O3/c27-26(28,29)22-21(38-25(32-22)35-11-5-2-6-12-35)23(36)31-19-9-10-20(30-17-19)33-13-15-34(16-14-33)24(37)18-7-3-1-4-8-18/h9-10,17-18H,1-8,11-16H2,(H,31,36). The average molecular weight is 535 g/mol. The molecule has 0 bridgehead atoms. The average Bonchev–Trinajstić information content (AvgIpc) is 3.41. The Morgan fingerprint density at radius 2 is 1.58 bits per heavy atom. The zero-order valence-electron chi connectivity index (χ0n) is 21.3. The number of nitrogens with one attached hydrogen (secondary N) is 1. The van der Waals surface area contributed by atoms with Gasteiger partial charge in [-0.05, 0) is 44.2 Å². The monoisotopic (exact) mass is 534 g/mol. The first-order valence-electron chi connectivity index (χ1n) is 13.4. The summed E-state index contributed by atoms with van der Waals surface area (Å²) in [6.07, 6.45) is 4.64. The Hall–Kier alpha value is -3.31. The SMILES string of the molecule is O=C(Nc1ccc(N2CCN(C(=O)C3CCCCC3)CC2)nc1)c1oc(N2CCCCC2)nc1C(F)(F)F. The van der Waals surface area contributed by atoms with Crippen LogP contribution >= 0.6 is 0 Å². The van der Waals surface area contributed by atoms with Gasteiger partial charge < -0.3 is 24.4 Å². The number of oxazole rings is 1. The highest BCUT2D eigenvalue weighted by Gasteiger charge is 2.42. The van der Waals surface area contributed by atoms with Crippen molar-refractivity contribution in [3.05, 3.63) is 29.8 Å². The van der Waals surface area contributed by atoms with Crippen LogP contribution in [0.25, 0.3) is 0 Å². The van der Waals surface area contributed by atoms with Crippen LogP contribution < -0.4 is 15.1 Å². The molecule has 1 aliphatic carbocycles. The van der Waals surface area contributed by atoms with Gasteiger partial charge in [0.05, 0.1) is 11.9 Å². The van der Waals surface area contributed by atoms with E-state index in [1.807, 2.05) is 4.90 Å². The van der Waals surface area contributed by atoms with Gasteiger partial charge in [-0.25, -0.2) is 4.98 Å². The van der Waals surface area contributed by atoms with Crippen molar-refractivity contribution >= 4 is 29.3 Å². The van der Waals surface area contributed by atoms with E-state index in [1.54, 1.807) is 17.0 Å². The van der Waals surface area contributed by atoms with Crippen molar-refractivity contribution in [2.45, 2.75) is 57.5 Å². The van der Waals surface area contributed by atoms with E-state index in [4.69, 9.17) is 4.42 Å². The van der Waals surface area contributed by atoms with E-state index >= 15 is 0 Å². The van der Waals surface area contributed by atoms with Gasteiger partial charge in [0.1, 0.15) is 5.82 Å². The van der Waals surface area contributed by atoms with Crippen LogP contribution in [-0.2, 0) is 11.0 Å². The Kier molecular flexibility index (Phi) is 7.75. The molecule has 1 saturated carbocycles. The van der Waals surface area contributed by atoms with Crippen LogP contribution in [0.5, 0.6) is 0 Å². The largest absolute Gasteiger partial charge is 0.437 e. The topological polar surface area (TPSA) is 94.8 Å². The van der Waals surface area contributed by atoms with Crippen LogP contribution in [-0.4, -0.2) is 66.0 Å². The lowest BCUT2D eigenvalue weighted by Gasteiger charge is -2.37. The third-order valence-electron chi connectivity index (χ3n) is 7.59. The smallest absolute Gasteiger partial charge is 0.417 e. The number of piperidine rings is 1. The minimum Gasteiger partial charge on any atom is -0.417 e. The summed E-state index contributed by atoms with van der Waals surface area (Å²) in [5, 5.41) is 2.45. The molecule has 2 aromatic rings. The highest BCUT2D eigenvalue weighted by molar-refractivity contribution is 6.03. The normalized spacial score (nSPS) is 19.5. The maximum atomic E-state index is 13.6. The molecule has 2 amide bonds. The maximum Gasteiger partial charge on any atom is 0.437 e. The summed E-state index contributed by atoms with van der Waals surface area (Å²) in [6, 6.07) is 3.12. The first-order valence-corrected chi connectivity index (χ1v) is 13.4. The van der Waals surface area contributed by atoms with Gasteiger partial charge in [0.25, 0.3) is 11.9 Å². The molecule has 9 nitrogen and oxygen atoms in total. The zero-order valence-corrected chi connectivity index (χ0v) is 21.3. The molecule has 38 heavy (non-hydrogen) atoms. The number of carbonyl (C=O) groups is 2. The number of amides is 2. The van der Waals surface area contributed by atoms with Crippen molar-refractivity contribution in [1.29, 1.82) is 0 Å². The predicted molar refractivity (Wildman–Crippen MR) is 135 cm³/mol. The molecule has 2 aliphatic heterocycles. The number of alkyl halides is 3. The van der Waals surface area contributed by atoms with Gasteiger partial charge in [0.2, 0.25) is 11.7 Å². The minimum absolute atomic E-state index is 0.148. The van der Waals surface area contributed by atoms with E-state index in [0.717, 1.165) is 44.9 Å². The fourth-order valence-corrected chi connectivity index (χ4v) is 5.47. The molecule has 0 aromatic carbocycles. The van der Waals surface area contributed by atoms with Gasteiger partial charge in [-0.2, -0.15) is 18.2 Å². The van der Waals surface area contributed by atoms with E-state index in [2.05, 4.69) is 20.2 Å². The van der Waals surface area contributed by atoms with Gasteiger partial charge in [-0.1, -0.05) is 19.3 Å². The quantitative estimate of drug-likeness (QED) is 0.601. The zero-order chi connectivity index (χ0) is 26.7. The lowest BCUT2D eigenvalue weighted by atomic mass is 9.88. The van der Waals surface area contributed by atoms with Crippen molar-refractivity contribution in [2.24, 2.45) is 5.92 Å². The second-order valence-corrected chi connectivity index (χ2v) is 10.2. The summed E-state index contributed by atoms with van der Waals surface area (Å²) in [6.45, 7) is 3.61. The molecule has 1 N–H and O–H groups in total. The highest BCUT2D eigenvalue weighted by Crippen LogP contribution is 2.35. The van der Waals surface area contributed by atoms with Crippen LogP contribution in [0.2, 0.25) is 0 Å².